The molecule has 1 rings (SSSR count). The van der Waals surface area contributed by atoms with Crippen molar-refractivity contribution in [3.8, 4) is 0 Å². The molecule has 0 heterocycles. The Morgan fingerprint density at radius 2 is 1.22 bits per heavy atom. The lowest BCUT2D eigenvalue weighted by molar-refractivity contribution is 0.0650. The van der Waals surface area contributed by atoms with Gasteiger partial charge in [0, 0.05) is 0 Å². The summed E-state index contributed by atoms with van der Waals surface area (Å²) in [5.74, 6) is 0. The van der Waals surface area contributed by atoms with Crippen LogP contribution in [0.4, 0.5) is 0 Å². The lowest BCUT2D eigenvalue weighted by Gasteiger charge is -2.00. The third kappa shape index (κ3) is 11.5. The van der Waals surface area contributed by atoms with E-state index in [0.717, 1.165) is 5.56 Å². The highest BCUT2D eigenvalue weighted by Crippen LogP contribution is 1.99. The van der Waals surface area contributed by atoms with Crippen molar-refractivity contribution in [2.75, 3.05) is 39.6 Å². The fraction of sp³-hybridized carbons (Fsp3) is 0.538. The third-order valence-electron chi connectivity index (χ3n) is 1.82. The number of hydrogen-bond donors (Lipinski definition) is 3. The molecule has 1 aromatic carbocycles. The molecule has 0 saturated heterocycles. The highest BCUT2D eigenvalue weighted by molar-refractivity contribution is 5.13. The van der Waals surface area contributed by atoms with Gasteiger partial charge in [0.2, 0.25) is 0 Å². The quantitative estimate of drug-likeness (QED) is 0.580. The number of ether oxygens (including phenoxy) is 2. The van der Waals surface area contributed by atoms with Gasteiger partial charge in [-0.25, -0.2) is 0 Å². The van der Waals surface area contributed by atoms with E-state index >= 15 is 0 Å². The summed E-state index contributed by atoms with van der Waals surface area (Å²) in [5.41, 5.74) is 1.14. The van der Waals surface area contributed by atoms with Crippen molar-refractivity contribution in [2.24, 2.45) is 0 Å². The predicted molar refractivity (Wildman–Crippen MR) is 68.2 cm³/mol. The molecule has 18 heavy (non-hydrogen) atoms. The molecule has 0 unspecified atom stereocenters. The monoisotopic (exact) mass is 258 g/mol. The first-order valence-electron chi connectivity index (χ1n) is 5.87. The van der Waals surface area contributed by atoms with Crippen molar-refractivity contribution >= 4 is 0 Å². The van der Waals surface area contributed by atoms with Crippen LogP contribution < -0.4 is 0 Å². The minimum absolute atomic E-state index is 0.0278. The molecule has 0 amide bonds. The SMILES string of the molecule is OCCOCCO.OCCOCc1ccccc1. The van der Waals surface area contributed by atoms with Crippen molar-refractivity contribution in [1.82, 2.24) is 0 Å². The van der Waals surface area contributed by atoms with Crippen LogP contribution in [0.5, 0.6) is 0 Å². The maximum Gasteiger partial charge on any atom is 0.0718 e. The Morgan fingerprint density at radius 1 is 0.722 bits per heavy atom. The van der Waals surface area contributed by atoms with E-state index in [4.69, 9.17) is 20.1 Å². The second kappa shape index (κ2) is 14.1. The van der Waals surface area contributed by atoms with Gasteiger partial charge in [-0.1, -0.05) is 30.3 Å². The Morgan fingerprint density at radius 3 is 1.72 bits per heavy atom. The van der Waals surface area contributed by atoms with Gasteiger partial charge in [-0.15, -0.1) is 0 Å². The summed E-state index contributed by atoms with van der Waals surface area (Å²) in [6.07, 6.45) is 0. The van der Waals surface area contributed by atoms with Crippen LogP contribution in [0.2, 0.25) is 0 Å². The summed E-state index contributed by atoms with van der Waals surface area (Å²) in [6, 6.07) is 9.90. The van der Waals surface area contributed by atoms with Crippen molar-refractivity contribution in [3.05, 3.63) is 35.9 Å². The first-order valence-corrected chi connectivity index (χ1v) is 5.87. The van der Waals surface area contributed by atoms with E-state index in [1.54, 1.807) is 0 Å². The first-order chi connectivity index (χ1) is 8.85. The van der Waals surface area contributed by atoms with E-state index in [1.807, 2.05) is 30.3 Å². The number of benzene rings is 1. The van der Waals surface area contributed by atoms with Crippen LogP contribution >= 0.6 is 0 Å². The van der Waals surface area contributed by atoms with Gasteiger partial charge in [-0.05, 0) is 5.56 Å². The van der Waals surface area contributed by atoms with Crippen LogP contribution in [0.15, 0.2) is 30.3 Å². The Balaban J connectivity index is 0.000000360. The smallest absolute Gasteiger partial charge is 0.0718 e. The summed E-state index contributed by atoms with van der Waals surface area (Å²) >= 11 is 0. The van der Waals surface area contributed by atoms with Crippen molar-refractivity contribution in [1.29, 1.82) is 0 Å². The van der Waals surface area contributed by atoms with Gasteiger partial charge >= 0.3 is 0 Å². The van der Waals surface area contributed by atoms with E-state index < -0.39 is 0 Å². The zero-order valence-electron chi connectivity index (χ0n) is 10.5. The molecule has 0 aromatic heterocycles. The number of rotatable bonds is 8. The number of aliphatic hydroxyl groups excluding tert-OH is 3. The molecule has 0 aliphatic carbocycles. The first kappa shape index (κ1) is 17.0. The molecule has 5 nitrogen and oxygen atoms in total. The highest BCUT2D eigenvalue weighted by Gasteiger charge is 1.89. The molecule has 5 heteroatoms. The largest absolute Gasteiger partial charge is 0.394 e. The lowest BCUT2D eigenvalue weighted by atomic mass is 10.2. The minimum Gasteiger partial charge on any atom is -0.394 e. The van der Waals surface area contributed by atoms with Gasteiger partial charge in [-0.2, -0.15) is 0 Å². The van der Waals surface area contributed by atoms with Crippen LogP contribution in [0, 0.1) is 0 Å². The van der Waals surface area contributed by atoms with Gasteiger partial charge in [0.25, 0.3) is 0 Å². The topological polar surface area (TPSA) is 79.2 Å². The maximum absolute atomic E-state index is 8.42. The minimum atomic E-state index is 0.0278. The standard InChI is InChI=1S/C9H12O2.C4H10O3/c10-6-7-11-8-9-4-2-1-3-5-9;5-1-3-7-4-2-6/h1-5,10H,6-8H2;5-6H,1-4H2. The average Bonchev–Trinajstić information content (AvgIpc) is 2.42. The zero-order valence-corrected chi connectivity index (χ0v) is 10.5. The van der Waals surface area contributed by atoms with Crippen molar-refractivity contribution < 1.29 is 24.8 Å². The summed E-state index contributed by atoms with van der Waals surface area (Å²) in [7, 11) is 0. The van der Waals surface area contributed by atoms with Crippen LogP contribution in [-0.4, -0.2) is 55.0 Å². The molecule has 0 saturated carbocycles. The van der Waals surface area contributed by atoms with E-state index in [0.29, 0.717) is 26.4 Å². The number of aliphatic hydroxyl groups is 3. The van der Waals surface area contributed by atoms with Crippen molar-refractivity contribution in [2.45, 2.75) is 6.61 Å². The molecular weight excluding hydrogens is 236 g/mol. The highest BCUT2D eigenvalue weighted by atomic mass is 16.5. The van der Waals surface area contributed by atoms with E-state index in [9.17, 15) is 0 Å². The lowest BCUT2D eigenvalue weighted by Crippen LogP contribution is -2.03. The molecule has 0 bridgehead atoms. The number of hydrogen-bond acceptors (Lipinski definition) is 5. The fourth-order valence-corrected chi connectivity index (χ4v) is 1.06. The Labute approximate surface area is 108 Å². The Bertz CT molecular complexity index is 249. The molecule has 0 fully saturated rings. The summed E-state index contributed by atoms with van der Waals surface area (Å²) in [5, 5.41) is 24.6. The van der Waals surface area contributed by atoms with E-state index in [2.05, 4.69) is 4.74 Å². The molecule has 0 radical (unpaired) electrons. The van der Waals surface area contributed by atoms with Crippen LogP contribution in [0.25, 0.3) is 0 Å². The molecule has 0 spiro atoms. The molecule has 0 aliphatic heterocycles. The predicted octanol–water partition coefficient (Wildman–Crippen LogP) is 0.183. The van der Waals surface area contributed by atoms with Crippen LogP contribution in [0.1, 0.15) is 5.56 Å². The van der Waals surface area contributed by atoms with E-state index in [-0.39, 0.29) is 19.8 Å². The van der Waals surface area contributed by atoms with Crippen LogP contribution in [-0.2, 0) is 16.1 Å². The van der Waals surface area contributed by atoms with Crippen LogP contribution in [0.3, 0.4) is 0 Å². The summed E-state index contributed by atoms with van der Waals surface area (Å²) in [6.45, 7) is 1.78. The average molecular weight is 258 g/mol. The Hall–Kier alpha value is -0.980. The second-order valence-electron chi connectivity index (χ2n) is 3.32. The van der Waals surface area contributed by atoms with Crippen molar-refractivity contribution in [3.63, 3.8) is 0 Å². The van der Waals surface area contributed by atoms with Gasteiger partial charge in [0.1, 0.15) is 0 Å². The van der Waals surface area contributed by atoms with E-state index in [1.165, 1.54) is 0 Å². The second-order valence-corrected chi connectivity index (χ2v) is 3.32. The third-order valence-corrected chi connectivity index (χ3v) is 1.82. The maximum atomic E-state index is 8.42. The molecule has 0 aliphatic rings. The van der Waals surface area contributed by atoms with Gasteiger partial charge < -0.3 is 24.8 Å². The molecular formula is C13H22O5. The molecule has 104 valence electrons. The summed E-state index contributed by atoms with van der Waals surface area (Å²) < 4.78 is 9.75. The molecule has 1 aromatic rings. The zero-order chi connectivity index (χ0) is 13.5. The van der Waals surface area contributed by atoms with Gasteiger partial charge in [0.05, 0.1) is 46.2 Å². The molecule has 3 N–H and O–H groups in total. The summed E-state index contributed by atoms with van der Waals surface area (Å²) in [4.78, 5) is 0. The molecule has 0 atom stereocenters. The van der Waals surface area contributed by atoms with Gasteiger partial charge in [-0.3, -0.25) is 0 Å². The Kier molecular flexibility index (Phi) is 13.3. The normalized spacial score (nSPS) is 9.72. The fourth-order valence-electron chi connectivity index (χ4n) is 1.06. The van der Waals surface area contributed by atoms with Gasteiger partial charge in [0.15, 0.2) is 0 Å².